The molecule has 0 saturated carbocycles. The summed E-state index contributed by atoms with van der Waals surface area (Å²) in [5.74, 6) is 0. The summed E-state index contributed by atoms with van der Waals surface area (Å²) in [5, 5.41) is 14.4. The first-order valence-corrected chi connectivity index (χ1v) is 7.31. The molecule has 2 rings (SSSR count). The van der Waals surface area contributed by atoms with Gasteiger partial charge in [-0.25, -0.2) is 0 Å². The van der Waals surface area contributed by atoms with Crippen molar-refractivity contribution >= 4 is 5.69 Å². The van der Waals surface area contributed by atoms with Gasteiger partial charge in [0.1, 0.15) is 0 Å². The summed E-state index contributed by atoms with van der Waals surface area (Å²) in [6.07, 6.45) is 4.55. The number of hydrogen-bond acceptors (Lipinski definition) is 4. The van der Waals surface area contributed by atoms with Crippen molar-refractivity contribution in [2.75, 3.05) is 26.7 Å². The third-order valence-corrected chi connectivity index (χ3v) is 4.06. The zero-order chi connectivity index (χ0) is 14.4. The highest BCUT2D eigenvalue weighted by Crippen LogP contribution is 2.18. The lowest BCUT2D eigenvalue weighted by Gasteiger charge is -2.32. The van der Waals surface area contributed by atoms with Crippen LogP contribution >= 0.6 is 0 Å². The maximum absolute atomic E-state index is 10.9. The van der Waals surface area contributed by atoms with E-state index < -0.39 is 0 Å². The first-order valence-electron chi connectivity index (χ1n) is 7.31. The van der Waals surface area contributed by atoms with E-state index in [4.69, 9.17) is 0 Å². The number of rotatable bonds is 6. The molecule has 0 spiro atoms. The van der Waals surface area contributed by atoms with Crippen LogP contribution in [0.25, 0.3) is 0 Å². The minimum atomic E-state index is -0.301. The minimum Gasteiger partial charge on any atom is -0.315 e. The summed E-state index contributed by atoms with van der Waals surface area (Å²) < 4.78 is 0. The fraction of sp³-hybridized carbons (Fsp3) is 0.600. The van der Waals surface area contributed by atoms with Gasteiger partial charge in [0.15, 0.2) is 0 Å². The number of benzene rings is 1. The molecule has 0 aromatic heterocycles. The predicted molar refractivity (Wildman–Crippen MR) is 79.9 cm³/mol. The number of piperidine rings is 1. The van der Waals surface area contributed by atoms with Gasteiger partial charge in [-0.2, -0.15) is 0 Å². The van der Waals surface area contributed by atoms with Gasteiger partial charge in [-0.05, 0) is 39.4 Å². The molecular formula is C15H23N3O2. The molecule has 1 unspecified atom stereocenters. The number of nitrogens with one attached hydrogen (secondary N) is 1. The Morgan fingerprint density at radius 3 is 2.95 bits per heavy atom. The molecule has 1 aromatic carbocycles. The standard InChI is InChI=1S/C15H23N3O2/c1-17-11-5-4-7-14(17)12-16-10-9-13-6-2-3-8-15(13)18(19)20/h2-3,6,8,14,16H,4-5,7,9-12H2,1H3. The van der Waals surface area contributed by atoms with Gasteiger partial charge in [0.05, 0.1) is 4.92 Å². The number of nitrogens with zero attached hydrogens (tertiary/aromatic N) is 2. The van der Waals surface area contributed by atoms with Crippen molar-refractivity contribution < 1.29 is 4.92 Å². The van der Waals surface area contributed by atoms with E-state index in [1.165, 1.54) is 25.8 Å². The average molecular weight is 277 g/mol. The molecule has 1 aliphatic rings. The van der Waals surface area contributed by atoms with E-state index in [0.717, 1.165) is 18.7 Å². The van der Waals surface area contributed by atoms with E-state index in [1.807, 2.05) is 12.1 Å². The lowest BCUT2D eigenvalue weighted by molar-refractivity contribution is -0.385. The average Bonchev–Trinajstić information content (AvgIpc) is 2.45. The molecule has 1 fully saturated rings. The Labute approximate surface area is 120 Å². The summed E-state index contributed by atoms with van der Waals surface area (Å²) in [6.45, 7) is 2.93. The molecule has 0 bridgehead atoms. The van der Waals surface area contributed by atoms with E-state index in [0.29, 0.717) is 12.5 Å². The van der Waals surface area contributed by atoms with E-state index in [9.17, 15) is 10.1 Å². The van der Waals surface area contributed by atoms with Crippen molar-refractivity contribution in [2.24, 2.45) is 0 Å². The molecule has 1 aliphatic heterocycles. The van der Waals surface area contributed by atoms with Gasteiger partial charge in [-0.3, -0.25) is 10.1 Å². The Balaban J connectivity index is 1.77. The molecule has 1 N–H and O–H groups in total. The second-order valence-electron chi connectivity index (χ2n) is 5.47. The van der Waals surface area contributed by atoms with Crippen LogP contribution in [0.2, 0.25) is 0 Å². The van der Waals surface area contributed by atoms with Gasteiger partial charge in [-0.1, -0.05) is 24.6 Å². The second-order valence-corrected chi connectivity index (χ2v) is 5.47. The van der Waals surface area contributed by atoms with Crippen molar-refractivity contribution in [2.45, 2.75) is 31.7 Å². The Bertz CT molecular complexity index is 450. The third kappa shape index (κ3) is 4.02. The van der Waals surface area contributed by atoms with Gasteiger partial charge in [0, 0.05) is 24.2 Å². The van der Waals surface area contributed by atoms with E-state index >= 15 is 0 Å². The molecule has 1 heterocycles. The number of likely N-dealkylation sites (N-methyl/N-ethyl adjacent to an activating group) is 1. The topological polar surface area (TPSA) is 58.4 Å². The summed E-state index contributed by atoms with van der Waals surface area (Å²) in [7, 11) is 2.17. The number of para-hydroxylation sites is 1. The van der Waals surface area contributed by atoms with Crippen LogP contribution in [-0.4, -0.2) is 42.5 Å². The SMILES string of the molecule is CN1CCCCC1CNCCc1ccccc1[N+](=O)[O-]. The predicted octanol–water partition coefficient (Wildman–Crippen LogP) is 2.21. The molecular weight excluding hydrogens is 254 g/mol. The van der Waals surface area contributed by atoms with Crippen molar-refractivity contribution in [3.63, 3.8) is 0 Å². The molecule has 0 aliphatic carbocycles. The van der Waals surface area contributed by atoms with Crippen LogP contribution < -0.4 is 5.32 Å². The van der Waals surface area contributed by atoms with Gasteiger partial charge in [0.2, 0.25) is 0 Å². The zero-order valence-electron chi connectivity index (χ0n) is 12.0. The van der Waals surface area contributed by atoms with Crippen molar-refractivity contribution in [1.29, 1.82) is 0 Å². The normalized spacial score (nSPS) is 19.9. The van der Waals surface area contributed by atoms with Crippen LogP contribution in [-0.2, 0) is 6.42 Å². The monoisotopic (exact) mass is 277 g/mol. The van der Waals surface area contributed by atoms with Crippen LogP contribution in [0.4, 0.5) is 5.69 Å². The molecule has 1 atom stereocenters. The van der Waals surface area contributed by atoms with Gasteiger partial charge < -0.3 is 10.2 Å². The first-order chi connectivity index (χ1) is 9.68. The van der Waals surface area contributed by atoms with Crippen LogP contribution in [0.1, 0.15) is 24.8 Å². The molecule has 5 nitrogen and oxygen atoms in total. The maximum Gasteiger partial charge on any atom is 0.272 e. The Morgan fingerprint density at radius 2 is 2.20 bits per heavy atom. The Morgan fingerprint density at radius 1 is 1.40 bits per heavy atom. The molecule has 0 radical (unpaired) electrons. The highest BCUT2D eigenvalue weighted by atomic mass is 16.6. The number of hydrogen-bond donors (Lipinski definition) is 1. The van der Waals surface area contributed by atoms with Gasteiger partial charge in [-0.15, -0.1) is 0 Å². The van der Waals surface area contributed by atoms with Crippen LogP contribution in [0.15, 0.2) is 24.3 Å². The fourth-order valence-electron chi connectivity index (χ4n) is 2.79. The number of likely N-dealkylation sites (tertiary alicyclic amines) is 1. The molecule has 110 valence electrons. The Kier molecular flexibility index (Phi) is 5.49. The first kappa shape index (κ1) is 14.9. The van der Waals surface area contributed by atoms with Gasteiger partial charge >= 0.3 is 0 Å². The third-order valence-electron chi connectivity index (χ3n) is 4.06. The smallest absolute Gasteiger partial charge is 0.272 e. The molecule has 20 heavy (non-hydrogen) atoms. The lowest BCUT2D eigenvalue weighted by Crippen LogP contribution is -2.43. The summed E-state index contributed by atoms with van der Waals surface area (Å²) >= 11 is 0. The van der Waals surface area contributed by atoms with E-state index in [-0.39, 0.29) is 10.6 Å². The largest absolute Gasteiger partial charge is 0.315 e. The van der Waals surface area contributed by atoms with Gasteiger partial charge in [0.25, 0.3) is 5.69 Å². The van der Waals surface area contributed by atoms with E-state index in [1.54, 1.807) is 12.1 Å². The molecule has 1 saturated heterocycles. The fourth-order valence-corrected chi connectivity index (χ4v) is 2.79. The molecule has 0 amide bonds. The van der Waals surface area contributed by atoms with Crippen molar-refractivity contribution in [3.8, 4) is 0 Å². The van der Waals surface area contributed by atoms with E-state index in [2.05, 4.69) is 17.3 Å². The minimum absolute atomic E-state index is 0.226. The zero-order valence-corrected chi connectivity index (χ0v) is 12.0. The summed E-state index contributed by atoms with van der Waals surface area (Å²) in [4.78, 5) is 13.0. The molecule has 1 aromatic rings. The quantitative estimate of drug-likeness (QED) is 0.492. The maximum atomic E-state index is 10.9. The number of nitro benzene ring substituents is 1. The van der Waals surface area contributed by atoms with Crippen molar-refractivity contribution in [3.05, 3.63) is 39.9 Å². The summed E-state index contributed by atoms with van der Waals surface area (Å²) in [5.41, 5.74) is 1.03. The van der Waals surface area contributed by atoms with Crippen molar-refractivity contribution in [1.82, 2.24) is 10.2 Å². The Hall–Kier alpha value is -1.46. The molecule has 5 heteroatoms. The van der Waals surface area contributed by atoms with Crippen LogP contribution in [0, 0.1) is 10.1 Å². The summed E-state index contributed by atoms with van der Waals surface area (Å²) in [6, 6.07) is 7.59. The number of nitro groups is 1. The van der Waals surface area contributed by atoms with Crippen LogP contribution in [0.3, 0.4) is 0 Å². The lowest BCUT2D eigenvalue weighted by atomic mass is 10.0. The highest BCUT2D eigenvalue weighted by molar-refractivity contribution is 5.39. The highest BCUT2D eigenvalue weighted by Gasteiger charge is 2.18. The van der Waals surface area contributed by atoms with Crippen LogP contribution in [0.5, 0.6) is 0 Å². The second kappa shape index (κ2) is 7.36.